The fourth-order valence-electron chi connectivity index (χ4n) is 3.57. The van der Waals surface area contributed by atoms with Crippen molar-refractivity contribution in [1.82, 2.24) is 4.90 Å². The van der Waals surface area contributed by atoms with Crippen LogP contribution in [0.25, 0.3) is 0 Å². The number of ether oxygens (including phenoxy) is 3. The second-order valence-corrected chi connectivity index (χ2v) is 7.63. The number of amides is 1. The molecule has 1 saturated carbocycles. The summed E-state index contributed by atoms with van der Waals surface area (Å²) in [5.41, 5.74) is 2.68. The number of benzene rings is 3. The zero-order valence-electron chi connectivity index (χ0n) is 17.9. The third-order valence-corrected chi connectivity index (χ3v) is 5.38. The first-order chi connectivity index (χ1) is 15.2. The van der Waals surface area contributed by atoms with Crippen molar-refractivity contribution in [2.75, 3.05) is 14.2 Å². The van der Waals surface area contributed by atoms with Gasteiger partial charge in [-0.1, -0.05) is 60.7 Å². The van der Waals surface area contributed by atoms with Gasteiger partial charge in [0.2, 0.25) is 5.75 Å². The Bertz CT molecular complexity index is 991. The summed E-state index contributed by atoms with van der Waals surface area (Å²) in [5.74, 6) is 1.42. The third-order valence-electron chi connectivity index (χ3n) is 5.38. The Morgan fingerprint density at radius 1 is 0.871 bits per heavy atom. The average molecular weight is 418 g/mol. The van der Waals surface area contributed by atoms with Crippen LogP contribution in [0.2, 0.25) is 0 Å². The van der Waals surface area contributed by atoms with E-state index in [1.165, 1.54) is 0 Å². The summed E-state index contributed by atoms with van der Waals surface area (Å²) in [7, 11) is 3.14. The molecule has 0 saturated heterocycles. The third kappa shape index (κ3) is 5.00. The van der Waals surface area contributed by atoms with Crippen LogP contribution >= 0.6 is 0 Å². The van der Waals surface area contributed by atoms with Gasteiger partial charge in [0.05, 0.1) is 14.2 Å². The molecule has 160 valence electrons. The van der Waals surface area contributed by atoms with Gasteiger partial charge in [-0.3, -0.25) is 4.79 Å². The average Bonchev–Trinajstić information content (AvgIpc) is 3.67. The molecule has 1 aliphatic rings. The molecular formula is C26H27NO4. The molecule has 5 nitrogen and oxygen atoms in total. The fraction of sp³-hybridized carbons (Fsp3) is 0.269. The number of carbonyl (C=O) groups is 1. The van der Waals surface area contributed by atoms with Gasteiger partial charge < -0.3 is 19.1 Å². The van der Waals surface area contributed by atoms with Crippen LogP contribution in [0.1, 0.15) is 34.3 Å². The second kappa shape index (κ2) is 9.56. The van der Waals surface area contributed by atoms with E-state index in [0.717, 1.165) is 24.0 Å². The lowest BCUT2D eigenvalue weighted by molar-refractivity contribution is 0.0729. The number of rotatable bonds is 9. The first kappa shape index (κ1) is 20.8. The minimum atomic E-state index is -0.0300. The Hall–Kier alpha value is -3.47. The molecule has 0 N–H and O–H groups in total. The summed E-state index contributed by atoms with van der Waals surface area (Å²) in [6, 6.07) is 23.7. The number of carbonyl (C=O) groups excluding carboxylic acids is 1. The quantitative estimate of drug-likeness (QED) is 0.487. The van der Waals surface area contributed by atoms with Gasteiger partial charge in [0.25, 0.3) is 5.91 Å². The molecule has 5 heteroatoms. The van der Waals surface area contributed by atoms with Crippen molar-refractivity contribution in [3.8, 4) is 17.2 Å². The molecule has 4 rings (SSSR count). The number of hydrogen-bond donors (Lipinski definition) is 0. The van der Waals surface area contributed by atoms with E-state index in [1.807, 2.05) is 65.6 Å². The zero-order valence-corrected chi connectivity index (χ0v) is 17.9. The minimum Gasteiger partial charge on any atom is -0.493 e. The number of nitrogens with zero attached hydrogens (tertiary/aromatic N) is 1. The molecule has 0 aromatic heterocycles. The number of hydrogen-bond acceptors (Lipinski definition) is 4. The van der Waals surface area contributed by atoms with Crippen LogP contribution in [0.5, 0.6) is 17.2 Å². The predicted octanol–water partition coefficient (Wildman–Crippen LogP) is 5.09. The molecular weight excluding hydrogens is 390 g/mol. The van der Waals surface area contributed by atoms with Gasteiger partial charge >= 0.3 is 0 Å². The van der Waals surface area contributed by atoms with Crippen molar-refractivity contribution < 1.29 is 19.0 Å². The molecule has 0 aliphatic heterocycles. The highest BCUT2D eigenvalue weighted by Crippen LogP contribution is 2.40. The van der Waals surface area contributed by atoms with Gasteiger partial charge in [0, 0.05) is 18.2 Å². The molecule has 1 aliphatic carbocycles. The van der Waals surface area contributed by atoms with Crippen LogP contribution in [0.4, 0.5) is 0 Å². The van der Waals surface area contributed by atoms with Gasteiger partial charge in [-0.15, -0.1) is 0 Å². The van der Waals surface area contributed by atoms with E-state index in [-0.39, 0.29) is 11.9 Å². The van der Waals surface area contributed by atoms with Crippen LogP contribution in [0, 0.1) is 0 Å². The predicted molar refractivity (Wildman–Crippen MR) is 120 cm³/mol. The molecule has 1 amide bonds. The van der Waals surface area contributed by atoms with Crippen LogP contribution < -0.4 is 14.2 Å². The van der Waals surface area contributed by atoms with Gasteiger partial charge in [-0.25, -0.2) is 0 Å². The van der Waals surface area contributed by atoms with Crippen molar-refractivity contribution in [2.24, 2.45) is 0 Å². The molecule has 1 fully saturated rings. The summed E-state index contributed by atoms with van der Waals surface area (Å²) in [4.78, 5) is 15.4. The molecule has 3 aromatic rings. The first-order valence-corrected chi connectivity index (χ1v) is 10.5. The summed E-state index contributed by atoms with van der Waals surface area (Å²) in [6.07, 6.45) is 2.07. The van der Waals surface area contributed by atoms with Gasteiger partial charge in [0.1, 0.15) is 6.61 Å². The lowest BCUT2D eigenvalue weighted by Gasteiger charge is -2.24. The summed E-state index contributed by atoms with van der Waals surface area (Å²) in [5, 5.41) is 0. The maximum Gasteiger partial charge on any atom is 0.254 e. The normalized spacial score (nSPS) is 12.8. The highest BCUT2D eigenvalue weighted by Gasteiger charge is 2.34. The largest absolute Gasteiger partial charge is 0.493 e. The molecule has 0 unspecified atom stereocenters. The Morgan fingerprint density at radius 3 is 1.94 bits per heavy atom. The van der Waals surface area contributed by atoms with E-state index in [1.54, 1.807) is 26.4 Å². The fourth-order valence-corrected chi connectivity index (χ4v) is 3.57. The molecule has 0 bridgehead atoms. The van der Waals surface area contributed by atoms with E-state index >= 15 is 0 Å². The molecule has 31 heavy (non-hydrogen) atoms. The van der Waals surface area contributed by atoms with Gasteiger partial charge in [-0.2, -0.15) is 0 Å². The Morgan fingerprint density at radius 2 is 1.42 bits per heavy atom. The Balaban J connectivity index is 1.59. The SMILES string of the molecule is COc1cc(C(=O)N(Cc2ccccc2)C2CC2)cc(OC)c1OCc1ccccc1. The van der Waals surface area contributed by atoms with Crippen LogP contribution in [0.3, 0.4) is 0 Å². The summed E-state index contributed by atoms with van der Waals surface area (Å²) >= 11 is 0. The van der Waals surface area contributed by atoms with E-state index in [9.17, 15) is 4.79 Å². The zero-order chi connectivity index (χ0) is 21.6. The standard InChI is InChI=1S/C26H27NO4/c1-29-23-15-21(16-24(30-2)25(23)31-18-20-11-7-4-8-12-20)26(28)27(22-13-14-22)17-19-9-5-3-6-10-19/h3-12,15-16,22H,13-14,17-18H2,1-2H3. The van der Waals surface area contributed by atoms with Crippen molar-refractivity contribution in [3.63, 3.8) is 0 Å². The number of methoxy groups -OCH3 is 2. The van der Waals surface area contributed by atoms with Crippen LogP contribution in [-0.4, -0.2) is 31.1 Å². The highest BCUT2D eigenvalue weighted by molar-refractivity contribution is 5.96. The summed E-state index contributed by atoms with van der Waals surface area (Å²) in [6.45, 7) is 0.963. The molecule has 0 radical (unpaired) electrons. The highest BCUT2D eigenvalue weighted by atomic mass is 16.5. The van der Waals surface area contributed by atoms with Gasteiger partial charge in [0.15, 0.2) is 11.5 Å². The van der Waals surface area contributed by atoms with E-state index in [0.29, 0.717) is 36.0 Å². The van der Waals surface area contributed by atoms with E-state index < -0.39 is 0 Å². The monoisotopic (exact) mass is 417 g/mol. The Labute approximate surface area is 183 Å². The molecule has 3 aromatic carbocycles. The van der Waals surface area contributed by atoms with Crippen LogP contribution in [0.15, 0.2) is 72.8 Å². The molecule has 0 atom stereocenters. The van der Waals surface area contributed by atoms with Gasteiger partial charge in [-0.05, 0) is 36.1 Å². The summed E-state index contributed by atoms with van der Waals surface area (Å²) < 4.78 is 17.1. The smallest absolute Gasteiger partial charge is 0.254 e. The maximum absolute atomic E-state index is 13.4. The Kier molecular flexibility index (Phi) is 6.41. The van der Waals surface area contributed by atoms with E-state index in [2.05, 4.69) is 0 Å². The van der Waals surface area contributed by atoms with Crippen molar-refractivity contribution in [1.29, 1.82) is 0 Å². The van der Waals surface area contributed by atoms with Crippen LogP contribution in [-0.2, 0) is 13.2 Å². The lowest BCUT2D eigenvalue weighted by atomic mass is 10.1. The molecule has 0 spiro atoms. The van der Waals surface area contributed by atoms with Crippen molar-refractivity contribution in [3.05, 3.63) is 89.5 Å². The topological polar surface area (TPSA) is 48.0 Å². The molecule has 0 heterocycles. The maximum atomic E-state index is 13.4. The van der Waals surface area contributed by atoms with Crippen molar-refractivity contribution >= 4 is 5.91 Å². The van der Waals surface area contributed by atoms with E-state index in [4.69, 9.17) is 14.2 Å². The first-order valence-electron chi connectivity index (χ1n) is 10.5. The lowest BCUT2D eigenvalue weighted by Crippen LogP contribution is -2.32. The van der Waals surface area contributed by atoms with Crippen molar-refractivity contribution in [2.45, 2.75) is 32.0 Å². The minimum absolute atomic E-state index is 0.0300. The second-order valence-electron chi connectivity index (χ2n) is 7.63.